The van der Waals surface area contributed by atoms with E-state index in [4.69, 9.17) is 0 Å². The van der Waals surface area contributed by atoms with Crippen LogP contribution < -0.4 is 5.32 Å². The van der Waals surface area contributed by atoms with Crippen LogP contribution in [-0.4, -0.2) is 20.6 Å². The SMILES string of the molecule is Cn1ccc(CNC(=O)c2c(F)ccc([N+](=O)[O-])c2F)n1. The molecule has 110 valence electrons. The van der Waals surface area contributed by atoms with E-state index >= 15 is 0 Å². The van der Waals surface area contributed by atoms with Gasteiger partial charge in [0.05, 0.1) is 17.2 Å². The molecule has 0 aliphatic carbocycles. The van der Waals surface area contributed by atoms with Gasteiger partial charge in [0, 0.05) is 19.3 Å². The highest BCUT2D eigenvalue weighted by Gasteiger charge is 2.26. The van der Waals surface area contributed by atoms with Crippen LogP contribution in [0.1, 0.15) is 16.1 Å². The van der Waals surface area contributed by atoms with E-state index in [2.05, 4.69) is 10.4 Å². The Hall–Kier alpha value is -2.84. The number of nitro benzene ring substituents is 1. The van der Waals surface area contributed by atoms with E-state index in [1.54, 1.807) is 19.3 Å². The maximum atomic E-state index is 13.8. The Kier molecular flexibility index (Phi) is 3.92. The van der Waals surface area contributed by atoms with Gasteiger partial charge in [0.25, 0.3) is 5.91 Å². The number of nitrogens with zero attached hydrogens (tertiary/aromatic N) is 3. The Labute approximate surface area is 117 Å². The number of carbonyl (C=O) groups is 1. The number of rotatable bonds is 4. The van der Waals surface area contributed by atoms with Gasteiger partial charge in [-0.25, -0.2) is 4.39 Å². The largest absolute Gasteiger partial charge is 0.346 e. The van der Waals surface area contributed by atoms with Crippen LogP contribution in [0.25, 0.3) is 0 Å². The summed E-state index contributed by atoms with van der Waals surface area (Å²) in [4.78, 5) is 21.4. The zero-order valence-corrected chi connectivity index (χ0v) is 10.8. The molecule has 1 aromatic carbocycles. The number of aryl methyl sites for hydroxylation is 1. The molecule has 0 fully saturated rings. The molecule has 1 N–H and O–H groups in total. The number of nitrogens with one attached hydrogen (secondary N) is 1. The van der Waals surface area contributed by atoms with Crippen LogP contribution >= 0.6 is 0 Å². The zero-order chi connectivity index (χ0) is 15.6. The average Bonchev–Trinajstić information content (AvgIpc) is 2.82. The molecule has 21 heavy (non-hydrogen) atoms. The molecule has 9 heteroatoms. The number of nitro groups is 1. The summed E-state index contributed by atoms with van der Waals surface area (Å²) in [6, 6.07) is 2.96. The van der Waals surface area contributed by atoms with E-state index in [1.807, 2.05) is 0 Å². The van der Waals surface area contributed by atoms with E-state index in [0.717, 1.165) is 0 Å². The quantitative estimate of drug-likeness (QED) is 0.684. The Bertz CT molecular complexity index is 715. The maximum Gasteiger partial charge on any atom is 0.305 e. The van der Waals surface area contributed by atoms with Crippen molar-refractivity contribution in [3.63, 3.8) is 0 Å². The van der Waals surface area contributed by atoms with E-state index in [-0.39, 0.29) is 6.54 Å². The predicted molar refractivity (Wildman–Crippen MR) is 67.4 cm³/mol. The fourth-order valence-corrected chi connectivity index (χ4v) is 1.71. The van der Waals surface area contributed by atoms with Gasteiger partial charge >= 0.3 is 5.69 Å². The molecule has 0 aliphatic rings. The number of carbonyl (C=O) groups excluding carboxylic acids is 1. The van der Waals surface area contributed by atoms with Gasteiger partial charge < -0.3 is 5.32 Å². The molecular formula is C12H10F2N4O3. The first-order valence-electron chi connectivity index (χ1n) is 5.79. The molecule has 0 radical (unpaired) electrons. The number of benzene rings is 1. The average molecular weight is 296 g/mol. The van der Waals surface area contributed by atoms with E-state index in [0.29, 0.717) is 17.8 Å². The van der Waals surface area contributed by atoms with Crippen LogP contribution in [-0.2, 0) is 13.6 Å². The van der Waals surface area contributed by atoms with Crippen LogP contribution in [0.15, 0.2) is 24.4 Å². The van der Waals surface area contributed by atoms with Crippen molar-refractivity contribution in [2.45, 2.75) is 6.54 Å². The van der Waals surface area contributed by atoms with E-state index < -0.39 is 33.7 Å². The van der Waals surface area contributed by atoms with E-state index in [1.165, 1.54) is 4.68 Å². The number of amides is 1. The number of aromatic nitrogens is 2. The lowest BCUT2D eigenvalue weighted by Gasteiger charge is -2.06. The summed E-state index contributed by atoms with van der Waals surface area (Å²) < 4.78 is 28.8. The van der Waals surface area contributed by atoms with Crippen molar-refractivity contribution in [3.05, 3.63) is 57.4 Å². The minimum absolute atomic E-state index is 0.0543. The van der Waals surface area contributed by atoms with Crippen molar-refractivity contribution in [3.8, 4) is 0 Å². The van der Waals surface area contributed by atoms with E-state index in [9.17, 15) is 23.7 Å². The van der Waals surface area contributed by atoms with Crippen LogP contribution in [0.3, 0.4) is 0 Å². The minimum atomic E-state index is -1.50. The van der Waals surface area contributed by atoms with Crippen LogP contribution in [0.2, 0.25) is 0 Å². The minimum Gasteiger partial charge on any atom is -0.346 e. The Morgan fingerprint density at radius 3 is 2.71 bits per heavy atom. The number of halogens is 2. The molecule has 1 aromatic heterocycles. The highest BCUT2D eigenvalue weighted by Crippen LogP contribution is 2.22. The van der Waals surface area contributed by atoms with Crippen LogP contribution in [0, 0.1) is 21.7 Å². The second-order valence-electron chi connectivity index (χ2n) is 4.18. The molecular weight excluding hydrogens is 286 g/mol. The second kappa shape index (κ2) is 5.65. The molecule has 1 heterocycles. The first-order valence-corrected chi connectivity index (χ1v) is 5.79. The normalized spacial score (nSPS) is 10.4. The molecule has 2 rings (SSSR count). The lowest BCUT2D eigenvalue weighted by molar-refractivity contribution is -0.387. The molecule has 2 aromatic rings. The summed E-state index contributed by atoms with van der Waals surface area (Å²) in [5.41, 5.74) is -1.46. The first kappa shape index (κ1) is 14.6. The fraction of sp³-hybridized carbons (Fsp3) is 0.167. The third-order valence-corrected chi connectivity index (χ3v) is 2.69. The Balaban J connectivity index is 2.22. The van der Waals surface area contributed by atoms with Crippen molar-refractivity contribution >= 4 is 11.6 Å². The smallest absolute Gasteiger partial charge is 0.305 e. The third-order valence-electron chi connectivity index (χ3n) is 2.69. The van der Waals surface area contributed by atoms with Gasteiger partial charge in [0.1, 0.15) is 11.4 Å². The molecule has 0 atom stereocenters. The van der Waals surface area contributed by atoms with Crippen LogP contribution in [0.4, 0.5) is 14.5 Å². The van der Waals surface area contributed by atoms with Gasteiger partial charge in [0.2, 0.25) is 5.82 Å². The van der Waals surface area contributed by atoms with Gasteiger partial charge in [-0.2, -0.15) is 9.49 Å². The van der Waals surface area contributed by atoms with Gasteiger partial charge in [-0.3, -0.25) is 19.6 Å². The number of hydrogen-bond acceptors (Lipinski definition) is 4. The second-order valence-corrected chi connectivity index (χ2v) is 4.18. The molecule has 7 nitrogen and oxygen atoms in total. The molecule has 0 spiro atoms. The first-order chi connectivity index (χ1) is 9.90. The van der Waals surface area contributed by atoms with Crippen molar-refractivity contribution in [2.75, 3.05) is 0 Å². The van der Waals surface area contributed by atoms with Gasteiger partial charge in [-0.05, 0) is 12.1 Å². The van der Waals surface area contributed by atoms with Gasteiger partial charge in [0.15, 0.2) is 0 Å². The molecule has 0 saturated heterocycles. The lowest BCUT2D eigenvalue weighted by atomic mass is 10.1. The van der Waals surface area contributed by atoms with Crippen molar-refractivity contribution < 1.29 is 18.5 Å². The summed E-state index contributed by atoms with van der Waals surface area (Å²) in [7, 11) is 1.67. The van der Waals surface area contributed by atoms with Crippen molar-refractivity contribution in [1.82, 2.24) is 15.1 Å². The maximum absolute atomic E-state index is 13.8. The monoisotopic (exact) mass is 296 g/mol. The lowest BCUT2D eigenvalue weighted by Crippen LogP contribution is -2.25. The highest BCUT2D eigenvalue weighted by molar-refractivity contribution is 5.95. The summed E-state index contributed by atoms with van der Waals surface area (Å²) in [5, 5.41) is 16.8. The molecule has 1 amide bonds. The Morgan fingerprint density at radius 1 is 1.43 bits per heavy atom. The molecule has 0 aliphatic heterocycles. The molecule has 0 unspecified atom stereocenters. The molecule has 0 bridgehead atoms. The standard InChI is InChI=1S/C12H10F2N4O3/c1-17-5-4-7(16-17)6-15-12(19)10-8(13)2-3-9(11(10)14)18(20)21/h2-5H,6H2,1H3,(H,15,19). The van der Waals surface area contributed by atoms with Gasteiger partial charge in [-0.1, -0.05) is 0 Å². The van der Waals surface area contributed by atoms with Crippen molar-refractivity contribution in [2.24, 2.45) is 7.05 Å². The van der Waals surface area contributed by atoms with Crippen LogP contribution in [0.5, 0.6) is 0 Å². The summed E-state index contributed by atoms with van der Waals surface area (Å²) in [6.45, 7) is -0.0543. The topological polar surface area (TPSA) is 90.1 Å². The number of hydrogen-bond donors (Lipinski definition) is 1. The summed E-state index contributed by atoms with van der Waals surface area (Å²) in [5.74, 6) is -3.76. The highest BCUT2D eigenvalue weighted by atomic mass is 19.1. The summed E-state index contributed by atoms with van der Waals surface area (Å²) >= 11 is 0. The van der Waals surface area contributed by atoms with Crippen molar-refractivity contribution in [1.29, 1.82) is 0 Å². The van der Waals surface area contributed by atoms with Gasteiger partial charge in [-0.15, -0.1) is 0 Å². The Morgan fingerprint density at radius 2 is 2.14 bits per heavy atom. The summed E-state index contributed by atoms with van der Waals surface area (Å²) in [6.07, 6.45) is 1.63. The third kappa shape index (κ3) is 3.02. The fourth-order valence-electron chi connectivity index (χ4n) is 1.71. The zero-order valence-electron chi connectivity index (χ0n) is 10.8. The predicted octanol–water partition coefficient (Wildman–Crippen LogP) is 1.54. The molecule has 0 saturated carbocycles.